The minimum atomic E-state index is -3.58. The van der Waals surface area contributed by atoms with Crippen molar-refractivity contribution in [3.63, 3.8) is 0 Å². The summed E-state index contributed by atoms with van der Waals surface area (Å²) in [7, 11) is -1.93. The van der Waals surface area contributed by atoms with Gasteiger partial charge >= 0.3 is 5.97 Å². The summed E-state index contributed by atoms with van der Waals surface area (Å²) >= 11 is 0. The molecule has 2 heterocycles. The van der Waals surface area contributed by atoms with Crippen LogP contribution in [0.4, 0.5) is 0 Å². The highest BCUT2D eigenvalue weighted by molar-refractivity contribution is 7.89. The van der Waals surface area contributed by atoms with Gasteiger partial charge in [0, 0.05) is 25.8 Å². The molecule has 1 aliphatic rings. The standard InChI is InChI=1S/C11H17N3O4S/c1-8-5-9(11(15)16)3-4-14(8)19(17,18)10-6-12-13(2)7-10/h6-9H,3-5H2,1-2H3,(H,15,16). The van der Waals surface area contributed by atoms with Crippen molar-refractivity contribution in [2.45, 2.75) is 30.7 Å². The van der Waals surface area contributed by atoms with Crippen LogP contribution >= 0.6 is 0 Å². The van der Waals surface area contributed by atoms with Gasteiger partial charge in [-0.3, -0.25) is 9.48 Å². The molecular weight excluding hydrogens is 270 g/mol. The third kappa shape index (κ3) is 2.64. The number of carboxylic acids is 1. The Bertz CT molecular complexity index is 581. The summed E-state index contributed by atoms with van der Waals surface area (Å²) in [5.41, 5.74) is 0. The molecule has 0 aromatic carbocycles. The van der Waals surface area contributed by atoms with E-state index in [1.807, 2.05) is 0 Å². The summed E-state index contributed by atoms with van der Waals surface area (Å²) in [4.78, 5) is 11.1. The number of aliphatic carboxylic acids is 1. The molecule has 1 fully saturated rings. The lowest BCUT2D eigenvalue weighted by molar-refractivity contribution is -0.143. The molecule has 1 saturated heterocycles. The maximum Gasteiger partial charge on any atom is 0.306 e. The van der Waals surface area contributed by atoms with E-state index in [1.165, 1.54) is 21.4 Å². The van der Waals surface area contributed by atoms with Crippen molar-refractivity contribution >= 4 is 16.0 Å². The zero-order chi connectivity index (χ0) is 14.2. The van der Waals surface area contributed by atoms with Crippen molar-refractivity contribution in [1.29, 1.82) is 0 Å². The molecule has 2 atom stereocenters. The number of hydrogen-bond donors (Lipinski definition) is 1. The van der Waals surface area contributed by atoms with E-state index in [9.17, 15) is 13.2 Å². The molecule has 0 bridgehead atoms. The number of aryl methyl sites for hydroxylation is 1. The van der Waals surface area contributed by atoms with Gasteiger partial charge in [-0.05, 0) is 19.8 Å². The number of carbonyl (C=O) groups is 1. The highest BCUT2D eigenvalue weighted by Crippen LogP contribution is 2.28. The van der Waals surface area contributed by atoms with E-state index in [1.54, 1.807) is 14.0 Å². The third-order valence-corrected chi connectivity index (χ3v) is 5.42. The van der Waals surface area contributed by atoms with Gasteiger partial charge < -0.3 is 5.11 Å². The largest absolute Gasteiger partial charge is 0.481 e. The maximum atomic E-state index is 12.4. The van der Waals surface area contributed by atoms with E-state index >= 15 is 0 Å². The van der Waals surface area contributed by atoms with E-state index in [2.05, 4.69) is 5.10 Å². The third-order valence-electron chi connectivity index (χ3n) is 3.45. The molecule has 8 heteroatoms. The molecule has 19 heavy (non-hydrogen) atoms. The average molecular weight is 287 g/mol. The Kier molecular flexibility index (Phi) is 3.64. The Morgan fingerprint density at radius 2 is 2.21 bits per heavy atom. The molecule has 2 unspecified atom stereocenters. The zero-order valence-electron chi connectivity index (χ0n) is 10.9. The molecule has 0 amide bonds. The van der Waals surface area contributed by atoms with Gasteiger partial charge in [-0.2, -0.15) is 9.40 Å². The molecule has 0 aliphatic carbocycles. The molecule has 7 nitrogen and oxygen atoms in total. The topological polar surface area (TPSA) is 92.5 Å². The first-order valence-corrected chi connectivity index (χ1v) is 7.49. The van der Waals surface area contributed by atoms with Gasteiger partial charge in [0.15, 0.2) is 0 Å². The number of nitrogens with zero attached hydrogens (tertiary/aromatic N) is 3. The lowest BCUT2D eigenvalue weighted by Crippen LogP contribution is -2.45. The van der Waals surface area contributed by atoms with Gasteiger partial charge in [0.25, 0.3) is 0 Å². The highest BCUT2D eigenvalue weighted by atomic mass is 32.2. The summed E-state index contributed by atoms with van der Waals surface area (Å²) in [5, 5.41) is 12.8. The summed E-state index contributed by atoms with van der Waals surface area (Å²) in [6, 6.07) is -0.319. The van der Waals surface area contributed by atoms with Crippen LogP contribution in [0.25, 0.3) is 0 Å². The minimum Gasteiger partial charge on any atom is -0.481 e. The first kappa shape index (κ1) is 14.0. The number of sulfonamides is 1. The lowest BCUT2D eigenvalue weighted by atomic mass is 9.93. The van der Waals surface area contributed by atoms with Gasteiger partial charge in [-0.25, -0.2) is 8.42 Å². The fraction of sp³-hybridized carbons (Fsp3) is 0.636. The average Bonchev–Trinajstić information content (AvgIpc) is 2.76. The molecule has 0 radical (unpaired) electrons. The first-order valence-electron chi connectivity index (χ1n) is 6.05. The van der Waals surface area contributed by atoms with E-state index in [4.69, 9.17) is 5.11 Å². The number of hydrogen-bond acceptors (Lipinski definition) is 4. The monoisotopic (exact) mass is 287 g/mol. The van der Waals surface area contributed by atoms with Crippen molar-refractivity contribution in [3.8, 4) is 0 Å². The second-order valence-electron chi connectivity index (χ2n) is 4.87. The predicted molar refractivity (Wildman–Crippen MR) is 66.9 cm³/mol. The fourth-order valence-electron chi connectivity index (χ4n) is 2.40. The Balaban J connectivity index is 2.21. The van der Waals surface area contributed by atoms with E-state index in [0.29, 0.717) is 12.8 Å². The van der Waals surface area contributed by atoms with Crippen molar-refractivity contribution in [3.05, 3.63) is 12.4 Å². The molecule has 1 N–H and O–H groups in total. The van der Waals surface area contributed by atoms with Crippen molar-refractivity contribution in [2.75, 3.05) is 6.54 Å². The molecule has 0 spiro atoms. The Morgan fingerprint density at radius 1 is 1.53 bits per heavy atom. The van der Waals surface area contributed by atoms with Crippen LogP contribution in [0, 0.1) is 5.92 Å². The zero-order valence-corrected chi connectivity index (χ0v) is 11.7. The lowest BCUT2D eigenvalue weighted by Gasteiger charge is -2.34. The van der Waals surface area contributed by atoms with Gasteiger partial charge in [0.1, 0.15) is 4.90 Å². The molecule has 2 rings (SSSR count). The van der Waals surface area contributed by atoms with Crippen LogP contribution < -0.4 is 0 Å². The van der Waals surface area contributed by atoms with Gasteiger partial charge in [-0.1, -0.05) is 0 Å². The van der Waals surface area contributed by atoms with Gasteiger partial charge in [-0.15, -0.1) is 0 Å². The SMILES string of the molecule is CC1CC(C(=O)O)CCN1S(=O)(=O)c1cnn(C)c1. The Morgan fingerprint density at radius 3 is 2.68 bits per heavy atom. The van der Waals surface area contributed by atoms with Crippen molar-refractivity contribution < 1.29 is 18.3 Å². The smallest absolute Gasteiger partial charge is 0.306 e. The number of piperidine rings is 1. The molecule has 1 aliphatic heterocycles. The van der Waals surface area contributed by atoms with Crippen LogP contribution in [0.2, 0.25) is 0 Å². The normalized spacial score (nSPS) is 25.4. The first-order chi connectivity index (χ1) is 8.82. The summed E-state index contributed by atoms with van der Waals surface area (Å²) in [6.07, 6.45) is 3.45. The van der Waals surface area contributed by atoms with Crippen molar-refractivity contribution in [1.82, 2.24) is 14.1 Å². The maximum absolute atomic E-state index is 12.4. The van der Waals surface area contributed by atoms with Crippen molar-refractivity contribution in [2.24, 2.45) is 13.0 Å². The van der Waals surface area contributed by atoms with E-state index in [0.717, 1.165) is 0 Å². The van der Waals surface area contributed by atoms with Gasteiger partial charge in [0.05, 0.1) is 12.1 Å². The minimum absolute atomic E-state index is 0.149. The number of carboxylic acid groups (broad SMARTS) is 1. The molecule has 1 aromatic heterocycles. The van der Waals surface area contributed by atoms with Crippen LogP contribution in [0.5, 0.6) is 0 Å². The molecular formula is C11H17N3O4S. The Hall–Kier alpha value is -1.41. The van der Waals surface area contributed by atoms with Crippen LogP contribution in [0.3, 0.4) is 0 Å². The predicted octanol–water partition coefficient (Wildman–Crippen LogP) is 0.294. The van der Waals surface area contributed by atoms with Crippen LogP contribution in [0.1, 0.15) is 19.8 Å². The molecule has 0 saturated carbocycles. The number of aromatic nitrogens is 2. The number of rotatable bonds is 3. The summed E-state index contributed by atoms with van der Waals surface area (Å²) < 4.78 is 27.6. The fourth-order valence-corrected chi connectivity index (χ4v) is 4.04. The van der Waals surface area contributed by atoms with Crippen LogP contribution in [-0.2, 0) is 21.9 Å². The second kappa shape index (κ2) is 4.93. The summed E-state index contributed by atoms with van der Waals surface area (Å²) in [5.74, 6) is -1.32. The molecule has 1 aromatic rings. The quantitative estimate of drug-likeness (QED) is 0.862. The van der Waals surface area contributed by atoms with E-state index in [-0.39, 0.29) is 17.5 Å². The van der Waals surface area contributed by atoms with Crippen LogP contribution in [0.15, 0.2) is 17.3 Å². The Labute approximate surface area is 111 Å². The highest BCUT2D eigenvalue weighted by Gasteiger charge is 2.37. The molecule has 106 valence electrons. The summed E-state index contributed by atoms with van der Waals surface area (Å²) in [6.45, 7) is 1.97. The second-order valence-corrected chi connectivity index (χ2v) is 6.76. The van der Waals surface area contributed by atoms with Gasteiger partial charge in [0.2, 0.25) is 10.0 Å². The van der Waals surface area contributed by atoms with E-state index < -0.39 is 21.9 Å². The van der Waals surface area contributed by atoms with Crippen LogP contribution in [-0.4, -0.2) is 46.2 Å².